The molecule has 33 heavy (non-hydrogen) atoms. The molecule has 0 spiro atoms. The van der Waals surface area contributed by atoms with E-state index in [1.807, 2.05) is 0 Å². The maximum absolute atomic E-state index is 11.4. The van der Waals surface area contributed by atoms with Gasteiger partial charge in [0.15, 0.2) is 5.78 Å². The molecule has 0 aromatic carbocycles. The maximum Gasteiger partial charge on any atom is 0.246 e. The molecule has 0 aromatic rings. The average molecular weight is 483 g/mol. The normalized spacial score (nSPS) is 11.1. The Hall–Kier alpha value is -1.22. The van der Waals surface area contributed by atoms with Crippen molar-refractivity contribution in [3.05, 3.63) is 0 Å². The fraction of sp³-hybridized carbons (Fsp3) is 0.905. The van der Waals surface area contributed by atoms with Gasteiger partial charge in [-0.25, -0.2) is 0 Å². The number of ether oxygens (including phenoxy) is 8. The van der Waals surface area contributed by atoms with Gasteiger partial charge in [-0.1, -0.05) is 0 Å². The first kappa shape index (κ1) is 31.8. The van der Waals surface area contributed by atoms with Gasteiger partial charge in [0.1, 0.15) is 13.2 Å². The molecule has 0 aliphatic heterocycles. The molecule has 0 rings (SSSR count). The minimum atomic E-state index is -0.282. The lowest BCUT2D eigenvalue weighted by atomic mass is 10.5. The molecule has 0 aliphatic carbocycles. The van der Waals surface area contributed by atoms with Crippen molar-refractivity contribution in [1.29, 1.82) is 0 Å². The third kappa shape index (κ3) is 28.7. The quantitative estimate of drug-likeness (QED) is 0.136. The largest absolute Gasteiger partial charge is 0.378 e. The molecule has 0 bridgehead atoms. The van der Waals surface area contributed by atoms with Crippen LogP contribution in [0.15, 0.2) is 0 Å². The van der Waals surface area contributed by atoms with Crippen LogP contribution in [-0.2, 0) is 47.5 Å². The van der Waals surface area contributed by atoms with Crippen LogP contribution in [0.4, 0.5) is 0 Å². The van der Waals surface area contributed by atoms with Gasteiger partial charge >= 0.3 is 0 Å². The van der Waals surface area contributed by atoms with Gasteiger partial charge < -0.3 is 48.9 Å². The first-order valence-corrected chi connectivity index (χ1v) is 11.2. The Morgan fingerprint density at radius 3 is 1.27 bits per heavy atom. The van der Waals surface area contributed by atoms with Crippen LogP contribution in [-0.4, -0.2) is 130 Å². The Labute approximate surface area is 196 Å². The lowest BCUT2D eigenvalue weighted by Gasteiger charge is -2.09. The van der Waals surface area contributed by atoms with Crippen LogP contribution in [0.2, 0.25) is 0 Å². The van der Waals surface area contributed by atoms with Crippen molar-refractivity contribution in [2.45, 2.75) is 6.92 Å². The number of amides is 1. The zero-order valence-corrected chi connectivity index (χ0v) is 19.9. The number of hydrogen-bond donors (Lipinski definition) is 2. The Morgan fingerprint density at radius 1 is 0.545 bits per heavy atom. The Kier molecular flexibility index (Phi) is 26.0. The molecule has 0 heterocycles. The monoisotopic (exact) mass is 482 g/mol. The standard InChI is InChI=1S/C21H42N2O10/c1-20(24)18-33-19-21(25)23-3-5-27-7-9-29-11-13-31-15-17-32-16-14-30-12-10-28-8-6-26-4-2-22/h2-19,22H2,1H3,(H,23,25). The SMILES string of the molecule is CC(=O)COCC(=O)NCCOCCOCCOCCOCCOCCOCCOCCN. The molecule has 0 saturated carbocycles. The predicted octanol–water partition coefficient (Wildman–Crippen LogP) is -1.22. The van der Waals surface area contributed by atoms with E-state index in [4.69, 9.17) is 43.6 Å². The number of nitrogens with one attached hydrogen (secondary N) is 1. The van der Waals surface area contributed by atoms with Crippen LogP contribution in [0.1, 0.15) is 6.92 Å². The summed E-state index contributed by atoms with van der Waals surface area (Å²) in [7, 11) is 0. The summed E-state index contributed by atoms with van der Waals surface area (Å²) in [6, 6.07) is 0. The number of Topliss-reactive ketones (excluding diaryl/α,β-unsaturated/α-hetero) is 1. The van der Waals surface area contributed by atoms with E-state index in [0.717, 1.165) is 0 Å². The van der Waals surface area contributed by atoms with E-state index in [-0.39, 0.29) is 24.9 Å². The first-order chi connectivity index (χ1) is 16.2. The van der Waals surface area contributed by atoms with Crippen LogP contribution in [0.5, 0.6) is 0 Å². The molecule has 0 aliphatic rings. The van der Waals surface area contributed by atoms with Gasteiger partial charge in [-0.15, -0.1) is 0 Å². The average Bonchev–Trinajstić information content (AvgIpc) is 2.79. The summed E-state index contributed by atoms with van der Waals surface area (Å²) in [4.78, 5) is 22.1. The number of rotatable bonds is 27. The zero-order valence-electron chi connectivity index (χ0n) is 19.9. The number of hydrogen-bond acceptors (Lipinski definition) is 11. The van der Waals surface area contributed by atoms with E-state index in [0.29, 0.717) is 106 Å². The van der Waals surface area contributed by atoms with Crippen molar-refractivity contribution in [2.75, 3.05) is 119 Å². The van der Waals surface area contributed by atoms with Gasteiger partial charge in [-0.3, -0.25) is 9.59 Å². The number of ketones is 1. The van der Waals surface area contributed by atoms with E-state index < -0.39 is 0 Å². The summed E-state index contributed by atoms with van der Waals surface area (Å²) in [5.41, 5.74) is 5.31. The maximum atomic E-state index is 11.4. The van der Waals surface area contributed by atoms with Gasteiger partial charge in [0, 0.05) is 13.1 Å². The molecule has 3 N–H and O–H groups in total. The first-order valence-electron chi connectivity index (χ1n) is 11.2. The van der Waals surface area contributed by atoms with E-state index in [9.17, 15) is 9.59 Å². The lowest BCUT2D eigenvalue weighted by molar-refractivity contribution is -0.129. The molecule has 1 amide bonds. The van der Waals surface area contributed by atoms with Crippen LogP contribution < -0.4 is 11.1 Å². The fourth-order valence-electron chi connectivity index (χ4n) is 2.11. The van der Waals surface area contributed by atoms with Crippen molar-refractivity contribution in [1.82, 2.24) is 5.32 Å². The lowest BCUT2D eigenvalue weighted by Crippen LogP contribution is -2.31. The minimum absolute atomic E-state index is 0.0584. The van der Waals surface area contributed by atoms with E-state index >= 15 is 0 Å². The van der Waals surface area contributed by atoms with E-state index in [1.54, 1.807) is 0 Å². The Bertz CT molecular complexity index is 443. The number of nitrogens with two attached hydrogens (primary N) is 1. The number of carbonyl (C=O) groups excluding carboxylic acids is 2. The van der Waals surface area contributed by atoms with Crippen molar-refractivity contribution in [2.24, 2.45) is 5.73 Å². The highest BCUT2D eigenvalue weighted by Gasteiger charge is 2.01. The van der Waals surface area contributed by atoms with Gasteiger partial charge in [0.2, 0.25) is 5.91 Å². The van der Waals surface area contributed by atoms with Gasteiger partial charge in [0.05, 0.1) is 92.5 Å². The van der Waals surface area contributed by atoms with Crippen LogP contribution >= 0.6 is 0 Å². The molecular weight excluding hydrogens is 440 g/mol. The van der Waals surface area contributed by atoms with Crippen LogP contribution in [0.25, 0.3) is 0 Å². The van der Waals surface area contributed by atoms with Gasteiger partial charge in [0.25, 0.3) is 0 Å². The summed E-state index contributed by atoms with van der Waals surface area (Å²) < 4.78 is 42.3. The highest BCUT2D eigenvalue weighted by atomic mass is 16.6. The third-order valence-corrected chi connectivity index (χ3v) is 3.60. The molecule has 0 aromatic heterocycles. The van der Waals surface area contributed by atoms with Crippen LogP contribution in [0.3, 0.4) is 0 Å². The second kappa shape index (κ2) is 27.0. The van der Waals surface area contributed by atoms with Crippen molar-refractivity contribution in [3.8, 4) is 0 Å². The minimum Gasteiger partial charge on any atom is -0.378 e. The summed E-state index contributed by atoms with van der Waals surface area (Å²) >= 11 is 0. The Balaban J connectivity index is 3.09. The summed E-state index contributed by atoms with van der Waals surface area (Å²) in [6.45, 7) is 8.94. The summed E-state index contributed by atoms with van der Waals surface area (Å²) in [6.07, 6.45) is 0. The molecule has 196 valence electrons. The molecule has 0 unspecified atom stereocenters. The summed E-state index contributed by atoms with van der Waals surface area (Å²) in [5, 5.41) is 2.63. The van der Waals surface area contributed by atoms with E-state index in [2.05, 4.69) is 5.32 Å². The smallest absolute Gasteiger partial charge is 0.246 e. The molecule has 12 nitrogen and oxygen atoms in total. The predicted molar refractivity (Wildman–Crippen MR) is 119 cm³/mol. The van der Waals surface area contributed by atoms with Crippen molar-refractivity contribution >= 4 is 11.7 Å². The third-order valence-electron chi connectivity index (χ3n) is 3.60. The fourth-order valence-corrected chi connectivity index (χ4v) is 2.11. The molecule has 0 saturated heterocycles. The zero-order chi connectivity index (χ0) is 24.2. The molecule has 0 radical (unpaired) electrons. The summed E-state index contributed by atoms with van der Waals surface area (Å²) in [5.74, 6) is -0.402. The topological polar surface area (TPSA) is 146 Å². The van der Waals surface area contributed by atoms with Gasteiger partial charge in [-0.2, -0.15) is 0 Å². The van der Waals surface area contributed by atoms with Crippen molar-refractivity contribution in [3.63, 3.8) is 0 Å². The second-order valence-electron chi connectivity index (χ2n) is 6.62. The van der Waals surface area contributed by atoms with Crippen molar-refractivity contribution < 1.29 is 47.5 Å². The molecular formula is C21H42N2O10. The van der Waals surface area contributed by atoms with Gasteiger partial charge in [-0.05, 0) is 6.92 Å². The molecule has 0 fully saturated rings. The number of carbonyl (C=O) groups is 2. The van der Waals surface area contributed by atoms with E-state index in [1.165, 1.54) is 6.92 Å². The Morgan fingerprint density at radius 2 is 0.909 bits per heavy atom. The van der Waals surface area contributed by atoms with Crippen LogP contribution in [0, 0.1) is 0 Å². The highest BCUT2D eigenvalue weighted by Crippen LogP contribution is 1.85. The molecule has 12 heteroatoms. The molecule has 0 atom stereocenters. The highest BCUT2D eigenvalue weighted by molar-refractivity contribution is 5.79. The second-order valence-corrected chi connectivity index (χ2v) is 6.62.